The Hall–Kier alpha value is -1.75. The van der Waals surface area contributed by atoms with Crippen molar-refractivity contribution in [3.8, 4) is 11.5 Å². The second kappa shape index (κ2) is 5.93. The molecule has 0 N–H and O–H groups in total. The maximum absolute atomic E-state index is 12.0. The summed E-state index contributed by atoms with van der Waals surface area (Å²) in [5, 5.41) is 0. The molecule has 0 saturated heterocycles. The molecular formula is C14H19NO4. The van der Waals surface area contributed by atoms with Gasteiger partial charge in [0.05, 0.1) is 12.2 Å². The van der Waals surface area contributed by atoms with E-state index in [1.807, 2.05) is 20.2 Å². The molecule has 0 amide bonds. The van der Waals surface area contributed by atoms with Crippen molar-refractivity contribution in [1.82, 2.24) is 4.90 Å². The molecule has 1 aliphatic rings. The number of benzene rings is 1. The first kappa shape index (κ1) is 13.7. The van der Waals surface area contributed by atoms with Gasteiger partial charge in [-0.2, -0.15) is 0 Å². The summed E-state index contributed by atoms with van der Waals surface area (Å²) in [7, 11) is 3.99. The summed E-state index contributed by atoms with van der Waals surface area (Å²) < 4.78 is 15.7. The molecule has 0 unspecified atom stereocenters. The Labute approximate surface area is 113 Å². The summed E-state index contributed by atoms with van der Waals surface area (Å²) in [4.78, 5) is 14.0. The van der Waals surface area contributed by atoms with Crippen molar-refractivity contribution in [2.24, 2.45) is 0 Å². The molecule has 0 aromatic heterocycles. The Kier molecular flexibility index (Phi) is 4.27. The molecule has 0 fully saturated rings. The van der Waals surface area contributed by atoms with Crippen molar-refractivity contribution >= 4 is 5.97 Å². The standard InChI is InChI=1S/C14H19NO4/c1-4-17-14(16)11-8-13-12(18-9-19-13)7-10(11)5-6-15(2)3/h7-8H,4-6,9H2,1-3H3. The van der Waals surface area contributed by atoms with E-state index >= 15 is 0 Å². The minimum absolute atomic E-state index is 0.203. The number of likely N-dealkylation sites (N-methyl/N-ethyl adjacent to an activating group) is 1. The number of carbonyl (C=O) groups is 1. The zero-order valence-corrected chi connectivity index (χ0v) is 11.6. The zero-order chi connectivity index (χ0) is 13.8. The first-order valence-corrected chi connectivity index (χ1v) is 6.36. The third-order valence-electron chi connectivity index (χ3n) is 2.92. The van der Waals surface area contributed by atoms with Crippen LogP contribution in [0.1, 0.15) is 22.8 Å². The van der Waals surface area contributed by atoms with E-state index in [0.717, 1.165) is 18.5 Å². The van der Waals surface area contributed by atoms with E-state index in [1.165, 1.54) is 0 Å². The predicted molar refractivity (Wildman–Crippen MR) is 70.8 cm³/mol. The smallest absolute Gasteiger partial charge is 0.338 e. The zero-order valence-electron chi connectivity index (χ0n) is 11.6. The highest BCUT2D eigenvalue weighted by Crippen LogP contribution is 2.35. The molecule has 5 heteroatoms. The van der Waals surface area contributed by atoms with Crippen LogP contribution in [0.4, 0.5) is 0 Å². The molecule has 5 nitrogen and oxygen atoms in total. The van der Waals surface area contributed by atoms with Crippen LogP contribution in [-0.4, -0.2) is 44.9 Å². The van der Waals surface area contributed by atoms with Gasteiger partial charge in [0.25, 0.3) is 0 Å². The quantitative estimate of drug-likeness (QED) is 0.758. The van der Waals surface area contributed by atoms with Crippen LogP contribution in [0.3, 0.4) is 0 Å². The molecule has 0 radical (unpaired) electrons. The van der Waals surface area contributed by atoms with Crippen molar-refractivity contribution in [2.45, 2.75) is 13.3 Å². The highest BCUT2D eigenvalue weighted by molar-refractivity contribution is 5.92. The summed E-state index contributed by atoms with van der Waals surface area (Å²) in [5.41, 5.74) is 1.49. The monoisotopic (exact) mass is 265 g/mol. The van der Waals surface area contributed by atoms with Crippen molar-refractivity contribution in [3.63, 3.8) is 0 Å². The first-order chi connectivity index (χ1) is 9.11. The average Bonchev–Trinajstić information content (AvgIpc) is 2.82. The average molecular weight is 265 g/mol. The Morgan fingerprint density at radius 1 is 1.32 bits per heavy atom. The molecule has 1 heterocycles. The van der Waals surface area contributed by atoms with Gasteiger partial charge < -0.3 is 19.1 Å². The van der Waals surface area contributed by atoms with Crippen molar-refractivity contribution in [2.75, 3.05) is 34.0 Å². The van der Waals surface area contributed by atoms with Crippen LogP contribution >= 0.6 is 0 Å². The first-order valence-electron chi connectivity index (χ1n) is 6.36. The third-order valence-corrected chi connectivity index (χ3v) is 2.92. The van der Waals surface area contributed by atoms with Gasteiger partial charge in [0.15, 0.2) is 11.5 Å². The van der Waals surface area contributed by atoms with Gasteiger partial charge in [0.1, 0.15) is 0 Å². The van der Waals surface area contributed by atoms with Crippen LogP contribution in [0.25, 0.3) is 0 Å². The summed E-state index contributed by atoms with van der Waals surface area (Å²) in [6.45, 7) is 3.21. The largest absolute Gasteiger partial charge is 0.462 e. The minimum atomic E-state index is -0.311. The van der Waals surface area contributed by atoms with Crippen molar-refractivity contribution in [1.29, 1.82) is 0 Å². The van der Waals surface area contributed by atoms with Gasteiger partial charge in [-0.15, -0.1) is 0 Å². The van der Waals surface area contributed by atoms with E-state index < -0.39 is 0 Å². The van der Waals surface area contributed by atoms with Crippen molar-refractivity contribution < 1.29 is 19.0 Å². The maximum atomic E-state index is 12.0. The predicted octanol–water partition coefficient (Wildman–Crippen LogP) is 1.70. The topological polar surface area (TPSA) is 48.0 Å². The van der Waals surface area contributed by atoms with Crippen molar-refractivity contribution in [3.05, 3.63) is 23.3 Å². The second-order valence-corrected chi connectivity index (χ2v) is 4.64. The Balaban J connectivity index is 2.29. The van der Waals surface area contributed by atoms with E-state index in [2.05, 4.69) is 4.90 Å². The highest BCUT2D eigenvalue weighted by Gasteiger charge is 2.21. The van der Waals surface area contributed by atoms with E-state index in [-0.39, 0.29) is 12.8 Å². The van der Waals surface area contributed by atoms with E-state index in [4.69, 9.17) is 14.2 Å². The SMILES string of the molecule is CCOC(=O)c1cc2c(cc1CCN(C)C)OCO2. The molecule has 0 spiro atoms. The van der Waals surface area contributed by atoms with Crippen LogP contribution in [0.2, 0.25) is 0 Å². The third kappa shape index (κ3) is 3.17. The number of nitrogens with zero attached hydrogens (tertiary/aromatic N) is 1. The van der Waals surface area contributed by atoms with Crippen LogP contribution in [-0.2, 0) is 11.2 Å². The lowest BCUT2D eigenvalue weighted by atomic mass is 10.0. The van der Waals surface area contributed by atoms with Crippen LogP contribution in [0, 0.1) is 0 Å². The molecule has 0 bridgehead atoms. The molecule has 1 aliphatic heterocycles. The lowest BCUT2D eigenvalue weighted by Crippen LogP contribution is -2.17. The maximum Gasteiger partial charge on any atom is 0.338 e. The number of hydrogen-bond donors (Lipinski definition) is 0. The van der Waals surface area contributed by atoms with E-state index in [9.17, 15) is 4.79 Å². The fourth-order valence-electron chi connectivity index (χ4n) is 1.93. The van der Waals surface area contributed by atoms with E-state index in [1.54, 1.807) is 13.0 Å². The number of carbonyl (C=O) groups excluding carboxylic acids is 1. The lowest BCUT2D eigenvalue weighted by Gasteiger charge is -2.13. The Bertz CT molecular complexity index is 471. The van der Waals surface area contributed by atoms with Gasteiger partial charge in [-0.25, -0.2) is 4.79 Å². The normalized spacial score (nSPS) is 12.8. The summed E-state index contributed by atoms with van der Waals surface area (Å²) in [6.07, 6.45) is 0.762. The van der Waals surface area contributed by atoms with Gasteiger partial charge in [0.2, 0.25) is 6.79 Å². The van der Waals surface area contributed by atoms with Crippen LogP contribution in [0.15, 0.2) is 12.1 Å². The number of rotatable bonds is 5. The van der Waals surface area contributed by atoms with Gasteiger partial charge in [-0.05, 0) is 45.1 Å². The summed E-state index contributed by atoms with van der Waals surface area (Å²) in [6, 6.07) is 3.59. The second-order valence-electron chi connectivity index (χ2n) is 4.64. The highest BCUT2D eigenvalue weighted by atomic mass is 16.7. The molecule has 2 rings (SSSR count). The lowest BCUT2D eigenvalue weighted by molar-refractivity contribution is 0.0524. The molecular weight excluding hydrogens is 246 g/mol. The Morgan fingerprint density at radius 3 is 2.63 bits per heavy atom. The Morgan fingerprint density at radius 2 is 2.00 bits per heavy atom. The van der Waals surface area contributed by atoms with Gasteiger partial charge in [-0.1, -0.05) is 0 Å². The van der Waals surface area contributed by atoms with E-state index in [0.29, 0.717) is 23.7 Å². The number of ether oxygens (including phenoxy) is 3. The minimum Gasteiger partial charge on any atom is -0.462 e. The molecule has 104 valence electrons. The fourth-order valence-corrected chi connectivity index (χ4v) is 1.93. The fraction of sp³-hybridized carbons (Fsp3) is 0.500. The van der Waals surface area contributed by atoms with Gasteiger partial charge >= 0.3 is 5.97 Å². The van der Waals surface area contributed by atoms with Crippen LogP contribution < -0.4 is 9.47 Å². The molecule has 0 saturated carbocycles. The number of fused-ring (bicyclic) bond motifs is 1. The van der Waals surface area contributed by atoms with Crippen LogP contribution in [0.5, 0.6) is 11.5 Å². The molecule has 1 aromatic rings. The molecule has 19 heavy (non-hydrogen) atoms. The summed E-state index contributed by atoms with van der Waals surface area (Å²) in [5.74, 6) is 0.994. The van der Waals surface area contributed by atoms with Gasteiger partial charge in [0, 0.05) is 6.54 Å². The molecule has 1 aromatic carbocycles. The number of hydrogen-bond acceptors (Lipinski definition) is 5. The summed E-state index contributed by atoms with van der Waals surface area (Å²) >= 11 is 0. The molecule has 0 atom stereocenters. The van der Waals surface area contributed by atoms with Gasteiger partial charge in [-0.3, -0.25) is 0 Å². The molecule has 0 aliphatic carbocycles. The number of esters is 1.